The van der Waals surface area contributed by atoms with Crippen LogP contribution in [-0.4, -0.2) is 28.3 Å². The number of methoxy groups -OCH3 is 1. The van der Waals surface area contributed by atoms with Gasteiger partial charge in [-0.15, -0.1) is 7.77 Å². The molecule has 0 saturated heterocycles. The maximum absolute atomic E-state index is 12.9. The molecule has 0 aliphatic heterocycles. The van der Waals surface area contributed by atoms with Gasteiger partial charge in [0.15, 0.2) is 36.1 Å². The van der Waals surface area contributed by atoms with Crippen molar-refractivity contribution in [2.45, 2.75) is 39.0 Å². The van der Waals surface area contributed by atoms with Crippen molar-refractivity contribution in [2.24, 2.45) is 0 Å². The molecular weight excluding hydrogens is 368 g/mol. The van der Waals surface area contributed by atoms with Crippen molar-refractivity contribution in [1.82, 2.24) is 14.6 Å². The van der Waals surface area contributed by atoms with Crippen molar-refractivity contribution in [2.75, 3.05) is 17.4 Å². The molecule has 0 aliphatic carbocycles. The number of nitrogens with zero attached hydrogens (tertiary/aromatic N) is 5. The highest BCUT2D eigenvalue weighted by atomic mass is 32.3. The standard InChI is InChI=1S/C13H18F2N4OS2.C2H3N/c1-3-10(5-4-8-20-2)11-9-13(19(21-14)22-15)18-12(17-11)6-7-16-18;1-2-3/h6-7,9-10H,3-5,8H2,1-2H3;1H3. The Labute approximate surface area is 155 Å². The Hall–Kier alpha value is -1.57. The topological polar surface area (TPSA) is 66.5 Å². The summed E-state index contributed by atoms with van der Waals surface area (Å²) in [6, 6.07) is 5.17. The molecule has 2 aromatic heterocycles. The second-order valence-electron chi connectivity index (χ2n) is 5.00. The van der Waals surface area contributed by atoms with E-state index in [1.165, 1.54) is 11.4 Å². The van der Waals surface area contributed by atoms with Crippen molar-refractivity contribution in [1.29, 1.82) is 5.26 Å². The van der Waals surface area contributed by atoms with Crippen molar-refractivity contribution in [3.8, 4) is 6.07 Å². The van der Waals surface area contributed by atoms with Crippen LogP contribution in [0.4, 0.5) is 13.6 Å². The molecule has 0 aromatic carbocycles. The molecule has 0 aliphatic rings. The van der Waals surface area contributed by atoms with Crippen molar-refractivity contribution >= 4 is 36.1 Å². The number of rotatable bonds is 9. The van der Waals surface area contributed by atoms with Crippen LogP contribution in [0.25, 0.3) is 5.65 Å². The SMILES string of the molecule is CC#N.CCC(CCCOC)c1cc(N(SF)SF)n2nccc2n1. The van der Waals surface area contributed by atoms with Crippen molar-refractivity contribution in [3.63, 3.8) is 0 Å². The summed E-state index contributed by atoms with van der Waals surface area (Å²) < 4.78 is 33.2. The highest BCUT2D eigenvalue weighted by Crippen LogP contribution is 2.34. The molecule has 1 atom stereocenters. The molecule has 0 radical (unpaired) electrons. The van der Waals surface area contributed by atoms with Gasteiger partial charge in [0.05, 0.1) is 12.3 Å². The number of halogens is 2. The smallest absolute Gasteiger partial charge is 0.179 e. The van der Waals surface area contributed by atoms with Gasteiger partial charge in [0.2, 0.25) is 0 Å². The van der Waals surface area contributed by atoms with Crippen LogP contribution in [0.3, 0.4) is 0 Å². The van der Waals surface area contributed by atoms with Gasteiger partial charge in [-0.3, -0.25) is 0 Å². The predicted octanol–water partition coefficient (Wildman–Crippen LogP) is 5.05. The highest BCUT2D eigenvalue weighted by Gasteiger charge is 2.19. The molecule has 138 valence electrons. The Morgan fingerprint density at radius 1 is 1.44 bits per heavy atom. The summed E-state index contributed by atoms with van der Waals surface area (Å²) in [5, 5.41) is 11.4. The molecule has 2 rings (SSSR count). The van der Waals surface area contributed by atoms with E-state index < -0.39 is 0 Å². The van der Waals surface area contributed by atoms with Gasteiger partial charge in [-0.05, 0) is 19.3 Å². The molecule has 0 bridgehead atoms. The van der Waals surface area contributed by atoms with Gasteiger partial charge < -0.3 is 4.74 Å². The summed E-state index contributed by atoms with van der Waals surface area (Å²) in [7, 11) is 1.67. The van der Waals surface area contributed by atoms with Crippen LogP contribution in [0.2, 0.25) is 0 Å². The molecule has 0 saturated carbocycles. The van der Waals surface area contributed by atoms with Gasteiger partial charge in [0, 0.05) is 44.4 Å². The summed E-state index contributed by atoms with van der Waals surface area (Å²) in [4.78, 5) is 4.57. The third-order valence-corrected chi connectivity index (χ3v) is 4.45. The quantitative estimate of drug-likeness (QED) is 0.439. The number of fused-ring (bicyclic) bond motifs is 1. The first-order valence-electron chi connectivity index (χ1n) is 7.68. The molecule has 0 fully saturated rings. The van der Waals surface area contributed by atoms with E-state index in [2.05, 4.69) is 17.0 Å². The maximum atomic E-state index is 12.9. The Morgan fingerprint density at radius 3 is 2.68 bits per heavy atom. The minimum atomic E-state index is -0.197. The fourth-order valence-corrected chi connectivity index (χ4v) is 2.86. The van der Waals surface area contributed by atoms with Gasteiger partial charge in [-0.25, -0.2) is 4.98 Å². The zero-order chi connectivity index (χ0) is 18.7. The van der Waals surface area contributed by atoms with Crippen LogP contribution in [0, 0.1) is 11.3 Å². The Kier molecular flexibility index (Phi) is 10.2. The molecule has 2 aromatic rings. The number of anilines is 1. The molecule has 2 heterocycles. The van der Waals surface area contributed by atoms with Gasteiger partial charge in [-0.2, -0.15) is 18.6 Å². The monoisotopic (exact) mass is 389 g/mol. The summed E-state index contributed by atoms with van der Waals surface area (Å²) in [6.07, 6.45) is 4.28. The Bertz CT molecular complexity index is 675. The fraction of sp³-hybridized carbons (Fsp3) is 0.533. The Balaban J connectivity index is 0.000000970. The molecular formula is C15H21F2N5OS2. The first-order chi connectivity index (χ1) is 12.2. The molecule has 10 heteroatoms. The van der Waals surface area contributed by atoms with Crippen LogP contribution < -0.4 is 3.71 Å². The summed E-state index contributed by atoms with van der Waals surface area (Å²) >= 11 is -0.393. The summed E-state index contributed by atoms with van der Waals surface area (Å²) in [6.45, 7) is 4.19. The molecule has 0 spiro atoms. The lowest BCUT2D eigenvalue weighted by atomic mass is 9.96. The number of hydrogen-bond donors (Lipinski definition) is 0. The lowest BCUT2D eigenvalue weighted by Crippen LogP contribution is -2.11. The van der Waals surface area contributed by atoms with Crippen LogP contribution in [0.15, 0.2) is 18.3 Å². The third kappa shape index (κ3) is 6.02. The average molecular weight is 389 g/mol. The van der Waals surface area contributed by atoms with Crippen molar-refractivity contribution in [3.05, 3.63) is 24.0 Å². The van der Waals surface area contributed by atoms with Crippen LogP contribution in [0.1, 0.15) is 44.7 Å². The maximum Gasteiger partial charge on any atom is 0.179 e. The van der Waals surface area contributed by atoms with E-state index in [0.29, 0.717) is 18.1 Å². The largest absolute Gasteiger partial charge is 0.385 e. The second kappa shape index (κ2) is 11.9. The van der Waals surface area contributed by atoms with Crippen molar-refractivity contribution < 1.29 is 12.5 Å². The zero-order valence-electron chi connectivity index (χ0n) is 14.4. The average Bonchev–Trinajstić information content (AvgIpc) is 3.09. The molecule has 0 amide bonds. The van der Waals surface area contributed by atoms with Crippen LogP contribution in [-0.2, 0) is 4.74 Å². The normalized spacial score (nSPS) is 11.5. The first kappa shape index (κ1) is 21.5. The van der Waals surface area contributed by atoms with Crippen LogP contribution in [0.5, 0.6) is 0 Å². The number of nitriles is 1. The third-order valence-electron chi connectivity index (χ3n) is 3.48. The van der Waals surface area contributed by atoms with E-state index in [4.69, 9.17) is 10.00 Å². The predicted molar refractivity (Wildman–Crippen MR) is 98.3 cm³/mol. The van der Waals surface area contributed by atoms with E-state index in [-0.39, 0.29) is 30.6 Å². The van der Waals surface area contributed by atoms with E-state index in [1.807, 2.05) is 0 Å². The lowest BCUT2D eigenvalue weighted by molar-refractivity contribution is 0.190. The molecule has 0 N–H and O–H groups in total. The molecule has 1 unspecified atom stereocenters. The minimum absolute atomic E-state index is 0.197. The first-order valence-corrected chi connectivity index (χ1v) is 9.03. The van der Waals surface area contributed by atoms with Gasteiger partial charge in [0.25, 0.3) is 0 Å². The summed E-state index contributed by atoms with van der Waals surface area (Å²) in [5.41, 5.74) is 1.39. The highest BCUT2D eigenvalue weighted by molar-refractivity contribution is 8.13. The van der Waals surface area contributed by atoms with Gasteiger partial charge in [-0.1, -0.05) is 6.92 Å². The number of ether oxygens (including phenoxy) is 1. The lowest BCUT2D eigenvalue weighted by Gasteiger charge is -2.18. The van der Waals surface area contributed by atoms with Gasteiger partial charge in [0.1, 0.15) is 0 Å². The van der Waals surface area contributed by atoms with E-state index in [1.54, 1.807) is 31.5 Å². The second-order valence-corrected chi connectivity index (χ2v) is 6.24. The molecule has 6 nitrogen and oxygen atoms in total. The van der Waals surface area contributed by atoms with Gasteiger partial charge >= 0.3 is 0 Å². The van der Waals surface area contributed by atoms with E-state index in [0.717, 1.165) is 28.7 Å². The van der Waals surface area contributed by atoms with E-state index >= 15 is 0 Å². The molecule has 25 heavy (non-hydrogen) atoms. The van der Waals surface area contributed by atoms with E-state index in [9.17, 15) is 7.77 Å². The minimum Gasteiger partial charge on any atom is -0.385 e. The number of aromatic nitrogens is 3. The Morgan fingerprint density at radius 2 is 2.12 bits per heavy atom. The zero-order valence-corrected chi connectivity index (χ0v) is 16.0. The summed E-state index contributed by atoms with van der Waals surface area (Å²) in [5.74, 6) is 0.528. The van der Waals surface area contributed by atoms with Crippen LogP contribution >= 0.6 is 24.7 Å². The fourth-order valence-electron chi connectivity index (χ4n) is 2.37. The number of hydrogen-bond acceptors (Lipinski definition) is 7.